The fourth-order valence-electron chi connectivity index (χ4n) is 2.39. The van der Waals surface area contributed by atoms with Gasteiger partial charge in [-0.3, -0.25) is 0 Å². The zero-order chi connectivity index (χ0) is 14.2. The molecule has 0 fully saturated rings. The van der Waals surface area contributed by atoms with Gasteiger partial charge in [0.05, 0.1) is 23.5 Å². The first-order chi connectivity index (χ1) is 8.78. The molecule has 2 aromatic rings. The molecule has 0 amide bonds. The largest absolute Gasteiger partial charge is 0.387 e. The molecule has 2 N–H and O–H groups in total. The summed E-state index contributed by atoms with van der Waals surface area (Å²) in [5.74, 6) is 0. The molecule has 0 radical (unpaired) electrons. The summed E-state index contributed by atoms with van der Waals surface area (Å²) in [6.45, 7) is 8.28. The van der Waals surface area contributed by atoms with Crippen molar-refractivity contribution in [2.24, 2.45) is 7.05 Å². The molecular weight excluding hydrogens is 238 g/mol. The van der Waals surface area contributed by atoms with E-state index >= 15 is 0 Å². The fourth-order valence-corrected chi connectivity index (χ4v) is 2.39. The lowest BCUT2D eigenvalue weighted by Gasteiger charge is -2.29. The topological polar surface area (TPSA) is 50.1 Å². The number of hydrogen-bond donors (Lipinski definition) is 2. The summed E-state index contributed by atoms with van der Waals surface area (Å²) < 4.78 is 1.97. The number of imidazole rings is 1. The summed E-state index contributed by atoms with van der Waals surface area (Å²) >= 11 is 0. The average molecular weight is 261 g/mol. The maximum Gasteiger partial charge on any atom is 0.0955 e. The van der Waals surface area contributed by atoms with Gasteiger partial charge in [-0.05, 0) is 45.4 Å². The number of aromatic nitrogens is 2. The summed E-state index contributed by atoms with van der Waals surface area (Å²) in [6.07, 6.45) is 1.25. The predicted molar refractivity (Wildman–Crippen MR) is 78.0 cm³/mol. The first-order valence-corrected chi connectivity index (χ1v) is 6.65. The molecule has 2 rings (SSSR count). The van der Waals surface area contributed by atoms with Crippen LogP contribution in [0.5, 0.6) is 0 Å². The van der Waals surface area contributed by atoms with Gasteiger partial charge in [0, 0.05) is 18.6 Å². The molecule has 0 spiro atoms. The van der Waals surface area contributed by atoms with E-state index in [1.54, 1.807) is 6.33 Å². The Hall–Kier alpha value is -1.39. The van der Waals surface area contributed by atoms with Gasteiger partial charge in [0.1, 0.15) is 0 Å². The molecule has 0 bridgehead atoms. The van der Waals surface area contributed by atoms with E-state index in [2.05, 4.69) is 31.1 Å². The number of aliphatic hydroxyl groups is 1. The van der Waals surface area contributed by atoms with Crippen molar-refractivity contribution in [3.05, 3.63) is 30.1 Å². The number of aliphatic hydroxyl groups excluding tert-OH is 1. The zero-order valence-corrected chi connectivity index (χ0v) is 12.3. The van der Waals surface area contributed by atoms with Crippen molar-refractivity contribution in [1.82, 2.24) is 14.9 Å². The van der Waals surface area contributed by atoms with Crippen molar-refractivity contribution in [3.63, 3.8) is 0 Å². The molecule has 2 atom stereocenters. The van der Waals surface area contributed by atoms with Crippen LogP contribution in [0.1, 0.15) is 39.4 Å². The summed E-state index contributed by atoms with van der Waals surface area (Å²) in [5.41, 5.74) is 2.88. The molecule has 0 saturated heterocycles. The Morgan fingerprint density at radius 2 is 2.00 bits per heavy atom. The van der Waals surface area contributed by atoms with E-state index in [0.29, 0.717) is 0 Å². The third kappa shape index (κ3) is 3.14. The molecule has 1 heterocycles. The van der Waals surface area contributed by atoms with E-state index in [9.17, 15) is 5.11 Å². The lowest BCUT2D eigenvalue weighted by Crippen LogP contribution is -2.44. The summed E-state index contributed by atoms with van der Waals surface area (Å²) in [4.78, 5) is 4.33. The SMILES string of the molecule is CC(NC(C)(C)C)C(O)c1ccc2c(c1)ncn2C. The highest BCUT2D eigenvalue weighted by molar-refractivity contribution is 5.76. The molecule has 104 valence electrons. The van der Waals surface area contributed by atoms with Gasteiger partial charge >= 0.3 is 0 Å². The molecular formula is C15H23N3O. The van der Waals surface area contributed by atoms with Gasteiger partial charge in [0.2, 0.25) is 0 Å². The number of hydrogen-bond acceptors (Lipinski definition) is 3. The van der Waals surface area contributed by atoms with Crippen molar-refractivity contribution in [2.75, 3.05) is 0 Å². The number of nitrogens with zero attached hydrogens (tertiary/aromatic N) is 2. The van der Waals surface area contributed by atoms with Crippen LogP contribution in [0.25, 0.3) is 11.0 Å². The number of rotatable bonds is 3. The van der Waals surface area contributed by atoms with Crippen LogP contribution in [0.3, 0.4) is 0 Å². The van der Waals surface area contributed by atoms with E-state index < -0.39 is 6.10 Å². The van der Waals surface area contributed by atoms with Gasteiger partial charge < -0.3 is 15.0 Å². The van der Waals surface area contributed by atoms with Crippen LogP contribution in [0.2, 0.25) is 0 Å². The van der Waals surface area contributed by atoms with Crippen molar-refractivity contribution in [2.45, 2.75) is 45.4 Å². The van der Waals surface area contributed by atoms with Gasteiger partial charge in [-0.25, -0.2) is 4.98 Å². The van der Waals surface area contributed by atoms with Crippen LogP contribution < -0.4 is 5.32 Å². The Morgan fingerprint density at radius 1 is 1.32 bits per heavy atom. The first-order valence-electron chi connectivity index (χ1n) is 6.65. The number of aryl methyl sites for hydroxylation is 1. The standard InChI is InChI=1S/C15H23N3O/c1-10(17-15(2,3)4)14(19)11-6-7-13-12(8-11)16-9-18(13)5/h6-10,14,17,19H,1-5H3. The lowest BCUT2D eigenvalue weighted by atomic mass is 9.99. The van der Waals surface area contributed by atoms with Crippen molar-refractivity contribution >= 4 is 11.0 Å². The van der Waals surface area contributed by atoms with Crippen LogP contribution >= 0.6 is 0 Å². The number of nitrogens with one attached hydrogen (secondary N) is 1. The first kappa shape index (κ1) is 14.0. The molecule has 4 nitrogen and oxygen atoms in total. The van der Waals surface area contributed by atoms with Gasteiger partial charge in [-0.15, -0.1) is 0 Å². The smallest absolute Gasteiger partial charge is 0.0955 e. The van der Waals surface area contributed by atoms with Crippen molar-refractivity contribution < 1.29 is 5.11 Å². The van der Waals surface area contributed by atoms with Crippen LogP contribution in [0.4, 0.5) is 0 Å². The Kier molecular flexibility index (Phi) is 3.65. The quantitative estimate of drug-likeness (QED) is 0.892. The Labute approximate surface area is 114 Å². The lowest BCUT2D eigenvalue weighted by molar-refractivity contribution is 0.121. The normalized spacial score (nSPS) is 15.7. The van der Waals surface area contributed by atoms with E-state index in [0.717, 1.165) is 16.6 Å². The van der Waals surface area contributed by atoms with Gasteiger partial charge in [0.15, 0.2) is 0 Å². The third-order valence-corrected chi connectivity index (χ3v) is 3.23. The summed E-state index contributed by atoms with van der Waals surface area (Å²) in [5, 5.41) is 13.8. The van der Waals surface area contributed by atoms with Gasteiger partial charge in [-0.2, -0.15) is 0 Å². The van der Waals surface area contributed by atoms with E-state index in [-0.39, 0.29) is 11.6 Å². The number of fused-ring (bicyclic) bond motifs is 1. The molecule has 0 saturated carbocycles. The highest BCUT2D eigenvalue weighted by atomic mass is 16.3. The molecule has 1 aromatic carbocycles. The molecule has 19 heavy (non-hydrogen) atoms. The maximum absolute atomic E-state index is 10.4. The minimum atomic E-state index is -0.536. The molecule has 0 aliphatic heterocycles. The average Bonchev–Trinajstić information content (AvgIpc) is 2.67. The number of benzene rings is 1. The van der Waals surface area contributed by atoms with Crippen LogP contribution in [0.15, 0.2) is 24.5 Å². The van der Waals surface area contributed by atoms with E-state index in [1.165, 1.54) is 0 Å². The van der Waals surface area contributed by atoms with E-state index in [1.807, 2.05) is 36.7 Å². The predicted octanol–water partition coefficient (Wildman–Crippen LogP) is 2.38. The minimum Gasteiger partial charge on any atom is -0.387 e. The monoisotopic (exact) mass is 261 g/mol. The van der Waals surface area contributed by atoms with Crippen molar-refractivity contribution in [3.8, 4) is 0 Å². The second kappa shape index (κ2) is 4.94. The van der Waals surface area contributed by atoms with Crippen LogP contribution in [-0.4, -0.2) is 26.2 Å². The summed E-state index contributed by atoms with van der Waals surface area (Å²) in [7, 11) is 1.97. The Balaban J connectivity index is 2.23. The Morgan fingerprint density at radius 3 is 2.63 bits per heavy atom. The Bertz CT molecular complexity index is 568. The zero-order valence-electron chi connectivity index (χ0n) is 12.3. The molecule has 0 aliphatic carbocycles. The van der Waals surface area contributed by atoms with Gasteiger partial charge in [-0.1, -0.05) is 6.07 Å². The highest BCUT2D eigenvalue weighted by Crippen LogP contribution is 2.22. The van der Waals surface area contributed by atoms with Crippen LogP contribution in [0, 0.1) is 0 Å². The molecule has 1 aromatic heterocycles. The minimum absolute atomic E-state index is 0.0128. The molecule has 0 aliphatic rings. The maximum atomic E-state index is 10.4. The van der Waals surface area contributed by atoms with Crippen LogP contribution in [-0.2, 0) is 7.05 Å². The molecule has 4 heteroatoms. The van der Waals surface area contributed by atoms with Crippen molar-refractivity contribution in [1.29, 1.82) is 0 Å². The molecule has 2 unspecified atom stereocenters. The fraction of sp³-hybridized carbons (Fsp3) is 0.533. The van der Waals surface area contributed by atoms with E-state index in [4.69, 9.17) is 0 Å². The highest BCUT2D eigenvalue weighted by Gasteiger charge is 2.21. The second-order valence-corrected chi connectivity index (χ2v) is 6.23. The van der Waals surface area contributed by atoms with Gasteiger partial charge in [0.25, 0.3) is 0 Å². The summed E-state index contributed by atoms with van der Waals surface area (Å²) in [6, 6.07) is 5.92. The second-order valence-electron chi connectivity index (χ2n) is 6.23. The third-order valence-electron chi connectivity index (χ3n) is 3.23.